The summed E-state index contributed by atoms with van der Waals surface area (Å²) in [5.41, 5.74) is 3.55. The van der Waals surface area contributed by atoms with Crippen LogP contribution in [0.5, 0.6) is 0 Å². The molecule has 26 heteroatoms. The Hall–Kier alpha value is -9.92. The Morgan fingerprint density at radius 3 is 0.883 bits per heavy atom. The van der Waals surface area contributed by atoms with Gasteiger partial charge in [-0.2, -0.15) is 0 Å². The molecular weight excluding hydrogens is 2740 g/mol. The Morgan fingerprint density at radius 1 is 0.330 bits per heavy atom. The summed E-state index contributed by atoms with van der Waals surface area (Å²) < 4.78 is 96.5. The van der Waals surface area contributed by atoms with Crippen molar-refractivity contribution in [1.82, 2.24) is 0 Å². The van der Waals surface area contributed by atoms with Gasteiger partial charge in [-0.15, -0.1) is 0 Å². The van der Waals surface area contributed by atoms with E-state index in [1.165, 1.54) is 0 Å². The minimum Gasteiger partial charge on any atom is -0.554 e. The first-order valence-corrected chi connectivity index (χ1v) is 30.0. The van der Waals surface area contributed by atoms with Gasteiger partial charge in [0, 0.05) is 52.9 Å². The number of benzene rings is 4. The fraction of sp³-hybridized carbons (Fsp3) is 0.559. The van der Waals surface area contributed by atoms with Crippen LogP contribution in [0.4, 0.5) is 0 Å². The molecule has 4 atom stereocenters. The van der Waals surface area contributed by atoms with Gasteiger partial charge in [0.25, 0.3) is 0 Å². The number of hydrogen-bond donors (Lipinski definition) is 2. The summed E-state index contributed by atoms with van der Waals surface area (Å²) >= 11 is 0. The minimum absolute atomic E-state index is 0. The Bertz CT molecular complexity index is 1960. The van der Waals surface area contributed by atoms with Crippen LogP contribution in [-0.2, 0) is 112 Å². The van der Waals surface area contributed by atoms with Gasteiger partial charge in [-0.1, -0.05) is 121 Å². The Morgan fingerprint density at radius 2 is 0.606 bits per heavy atom. The third kappa shape index (κ3) is 44.5. The fourth-order valence-corrected chi connectivity index (χ4v) is 8.60. The van der Waals surface area contributed by atoms with E-state index in [-0.39, 0.29) is 39.0 Å². The molecule has 0 spiro atoms. The standard InChI is InChI=1S/2C23H30O5.2C11H21O5.6Rf/c2*1-24-17-23(18-25-2,20-28-16-22-11-7-4-8-12-22)19-27-14-13-26-15-21-9-5-3-6-10-21;2*1-13-8-10(12)9-14-6-7-16-11-4-2-3-5-15-11;;;;;;/h2*3-12H,1-2,13-20H2;2*10-12H,1-9H2;;;;;;/q2*-2;2*-1;;;;;;. The second-order valence-electron chi connectivity index (χ2n) is 21.1. The first-order valence-electron chi connectivity index (χ1n) is 30.0. The van der Waals surface area contributed by atoms with Crippen LogP contribution in [0.15, 0.2) is 121 Å². The van der Waals surface area contributed by atoms with Crippen LogP contribution in [0.1, 0.15) is 60.8 Å². The minimum atomic E-state index is -0.622. The average molecular weight is 2840 g/mol. The van der Waals surface area contributed by atoms with Crippen molar-refractivity contribution in [2.24, 2.45) is 10.8 Å². The Kier molecular flexibility index (Phi) is 58.4. The van der Waals surface area contributed by atoms with E-state index < -0.39 is 23.0 Å². The van der Waals surface area contributed by atoms with Crippen molar-refractivity contribution < 1.29 is 95.5 Å². The van der Waals surface area contributed by atoms with Crippen molar-refractivity contribution >= 4 is 0 Å². The van der Waals surface area contributed by atoms with Crippen LogP contribution in [0.2, 0.25) is 0 Å². The Labute approximate surface area is 525 Å². The molecule has 4 aromatic rings. The summed E-state index contributed by atoms with van der Waals surface area (Å²) in [4.78, 5) is 0. The summed E-state index contributed by atoms with van der Waals surface area (Å²) in [5.74, 6) is 0. The maximum Gasteiger partial charge on any atom is 0.157 e. The van der Waals surface area contributed by atoms with Gasteiger partial charge in [-0.05, 0) is 60.8 Å². The predicted molar refractivity (Wildman–Crippen MR) is 331 cm³/mol. The van der Waals surface area contributed by atoms with Crippen LogP contribution in [-0.4, -0.2) is 180 Å². The maximum absolute atomic E-state index is 9.24. The molecule has 2 N–H and O–H groups in total. The number of aliphatic hydroxyl groups excluding tert-OH is 2. The molecule has 512 valence electrons. The second-order valence-corrected chi connectivity index (χ2v) is 21.1. The van der Waals surface area contributed by atoms with Gasteiger partial charge in [-0.3, -0.25) is 0 Å². The zero-order valence-electron chi connectivity index (χ0n) is 56.2. The number of ether oxygens (including phenoxy) is 18. The van der Waals surface area contributed by atoms with Crippen molar-refractivity contribution in [1.29, 1.82) is 0 Å². The molecule has 20 nitrogen and oxygen atoms in total. The molecule has 2 saturated heterocycles. The van der Waals surface area contributed by atoms with Crippen LogP contribution >= 0.6 is 0 Å². The average Bonchev–Trinajstić information content (AvgIpc) is 1.36. The van der Waals surface area contributed by atoms with Crippen molar-refractivity contribution in [2.45, 2.75) is 89.7 Å². The SMILES string of the molecule is [CH2-]OCC(CO[CH2-])(COCCOCc1ccccc1)COCc1ccccc1.[CH2-]OCC(CO[CH2-])(COCCOCc1ccccc1)COCc1ccccc1.[CH2-]OCC(O)COCCOC1CCCCO1.[CH2-]OCC(O)COCCOC1CCCCO1.[Rf].[Rf].[Rf].[Rf].[Rf].[Rf]. The Balaban J connectivity index is -0.000000580. The second kappa shape index (κ2) is 60.6. The summed E-state index contributed by atoms with van der Waals surface area (Å²) in [6.45, 7) is 11.5. The van der Waals surface area contributed by atoms with E-state index in [0.29, 0.717) is 132 Å². The zero-order chi connectivity index (χ0) is 63.1. The molecule has 94 heavy (non-hydrogen) atoms. The van der Waals surface area contributed by atoms with Crippen molar-refractivity contribution in [3.8, 4) is 0 Å². The summed E-state index contributed by atoms with van der Waals surface area (Å²) in [6, 6.07) is 40.1. The van der Waals surface area contributed by atoms with Crippen molar-refractivity contribution in [3.05, 3.63) is 186 Å². The van der Waals surface area contributed by atoms with E-state index in [0.717, 1.165) is 74.0 Å². The van der Waals surface area contributed by atoms with Gasteiger partial charge < -0.3 is 95.5 Å². The molecule has 0 amide bonds. The molecule has 2 fully saturated rings. The molecule has 2 heterocycles. The molecule has 6 rings (SSSR count). The molecule has 0 aliphatic carbocycles. The van der Waals surface area contributed by atoms with E-state index in [4.69, 9.17) is 75.8 Å². The summed E-state index contributed by atoms with van der Waals surface area (Å²) in [5, 5.41) is 18.5. The molecular formula is C68H102O20Rf6-6. The van der Waals surface area contributed by atoms with Crippen LogP contribution < -0.4 is 0 Å². The molecule has 4 unspecified atom stereocenters. The summed E-state index contributed by atoms with van der Waals surface area (Å²) in [6.07, 6.45) is 5.07. The first kappa shape index (κ1) is 90.5. The molecule has 4 aromatic carbocycles. The molecule has 0 bridgehead atoms. The van der Waals surface area contributed by atoms with Crippen LogP contribution in [0.25, 0.3) is 0 Å². The van der Waals surface area contributed by atoms with E-state index in [9.17, 15) is 10.2 Å². The van der Waals surface area contributed by atoms with E-state index in [2.05, 4.69) is 52.1 Å². The molecule has 2 aliphatic rings. The normalized spacial score (nSPS) is 14.9. The predicted octanol–water partition coefficient (Wildman–Crippen LogP) is 9.51. The topological polar surface area (TPSA) is 207 Å². The maximum atomic E-state index is 9.24. The molecule has 0 radical (unpaired) electrons. The van der Waals surface area contributed by atoms with Crippen molar-refractivity contribution in [2.75, 3.05) is 145 Å². The molecule has 0 saturated carbocycles. The van der Waals surface area contributed by atoms with E-state index in [1.807, 2.05) is 121 Å². The van der Waals surface area contributed by atoms with Crippen LogP contribution in [0, 0.1) is 53.5 Å². The number of hydrogen-bond acceptors (Lipinski definition) is 20. The monoisotopic (exact) mass is 2840 g/mol. The van der Waals surface area contributed by atoms with Gasteiger partial charge in [0.15, 0.2) is 12.6 Å². The number of aliphatic hydroxyl groups is 2. The number of rotatable bonds is 46. The fourth-order valence-electron chi connectivity index (χ4n) is 8.60. The van der Waals surface area contributed by atoms with Gasteiger partial charge >= 0.3 is 0 Å². The van der Waals surface area contributed by atoms with Gasteiger partial charge in [0.05, 0.1) is 142 Å². The van der Waals surface area contributed by atoms with Gasteiger partial charge in [0.1, 0.15) is 0 Å². The van der Waals surface area contributed by atoms with E-state index >= 15 is 0 Å². The zero-order valence-corrected chi connectivity index (χ0v) is 94.6. The summed E-state index contributed by atoms with van der Waals surface area (Å²) in [7, 11) is 20.3. The third-order valence-electron chi connectivity index (χ3n) is 13.0. The van der Waals surface area contributed by atoms with Gasteiger partial charge in [-0.25, -0.2) is 42.7 Å². The third-order valence-corrected chi connectivity index (χ3v) is 13.0. The first-order chi connectivity index (χ1) is 43.2. The van der Waals surface area contributed by atoms with Crippen LogP contribution in [0.3, 0.4) is 0 Å². The van der Waals surface area contributed by atoms with Gasteiger partial charge in [0.2, 0.25) is 0 Å². The van der Waals surface area contributed by atoms with Crippen molar-refractivity contribution in [3.63, 3.8) is 0 Å². The van der Waals surface area contributed by atoms with E-state index in [1.54, 1.807) is 0 Å². The quantitative estimate of drug-likeness (QED) is 0.0312. The molecule has 0 aromatic heterocycles. The molecule has 2 aliphatic heterocycles. The largest absolute Gasteiger partial charge is 0.554 e. The smallest absolute Gasteiger partial charge is 0.157 e.